The molecule has 0 unspecified atom stereocenters. The molecule has 0 atom stereocenters. The number of carbonyl (C=O) groups excluding carboxylic acids is 3. The van der Waals surface area contributed by atoms with Crippen LogP contribution in [0.1, 0.15) is 10.5 Å². The molecule has 35 heavy (non-hydrogen) atoms. The van der Waals surface area contributed by atoms with Gasteiger partial charge in [-0.2, -0.15) is 0 Å². The standard InChI is InChI=1S/C24H17Cl3N4O4/c1-35-20-7-2-4-13-10-19(22(32)28-16-8-9-17(26)18(27)12-16)31(21(13)20)30-24(34)23(33)29-15-6-3-5-14(25)11-15/h2-12H,1H3,(H,28,32)(H,29,33)(H,30,34). The van der Waals surface area contributed by atoms with Crippen LogP contribution < -0.4 is 20.8 Å². The van der Waals surface area contributed by atoms with Gasteiger partial charge in [-0.1, -0.05) is 53.0 Å². The van der Waals surface area contributed by atoms with Crippen molar-refractivity contribution in [2.75, 3.05) is 23.2 Å². The van der Waals surface area contributed by atoms with Gasteiger partial charge in [0.1, 0.15) is 17.0 Å². The molecule has 4 rings (SSSR count). The van der Waals surface area contributed by atoms with E-state index in [1.54, 1.807) is 54.6 Å². The van der Waals surface area contributed by atoms with Crippen LogP contribution in [-0.4, -0.2) is 29.5 Å². The van der Waals surface area contributed by atoms with Crippen molar-refractivity contribution in [2.45, 2.75) is 0 Å². The van der Waals surface area contributed by atoms with E-state index in [4.69, 9.17) is 39.5 Å². The van der Waals surface area contributed by atoms with Crippen molar-refractivity contribution in [3.8, 4) is 5.75 Å². The summed E-state index contributed by atoms with van der Waals surface area (Å²) in [4.78, 5) is 38.5. The summed E-state index contributed by atoms with van der Waals surface area (Å²) in [6, 6.07) is 17.7. The number of anilines is 2. The number of rotatable bonds is 5. The van der Waals surface area contributed by atoms with E-state index in [1.807, 2.05) is 0 Å². The van der Waals surface area contributed by atoms with Gasteiger partial charge in [-0.3, -0.25) is 19.8 Å². The number of hydrogen-bond acceptors (Lipinski definition) is 4. The van der Waals surface area contributed by atoms with Gasteiger partial charge in [0.05, 0.1) is 17.2 Å². The lowest BCUT2D eigenvalue weighted by molar-refractivity contribution is -0.133. The number of ether oxygens (including phenoxy) is 1. The van der Waals surface area contributed by atoms with E-state index in [-0.39, 0.29) is 10.7 Å². The van der Waals surface area contributed by atoms with Gasteiger partial charge in [0.15, 0.2) is 0 Å². The number of nitrogens with zero attached hydrogens (tertiary/aromatic N) is 1. The second kappa shape index (κ2) is 10.3. The molecule has 0 radical (unpaired) electrons. The number of aromatic nitrogens is 1. The van der Waals surface area contributed by atoms with E-state index < -0.39 is 17.7 Å². The van der Waals surface area contributed by atoms with E-state index in [9.17, 15) is 14.4 Å². The number of para-hydroxylation sites is 1. The molecule has 1 aromatic heterocycles. The first-order valence-corrected chi connectivity index (χ1v) is 11.2. The van der Waals surface area contributed by atoms with Gasteiger partial charge < -0.3 is 15.4 Å². The van der Waals surface area contributed by atoms with Gasteiger partial charge in [0.2, 0.25) is 0 Å². The number of nitrogens with one attached hydrogen (secondary N) is 3. The first kappa shape index (κ1) is 24.4. The monoisotopic (exact) mass is 530 g/mol. The summed E-state index contributed by atoms with van der Waals surface area (Å²) in [6.45, 7) is 0. The number of carbonyl (C=O) groups is 3. The summed E-state index contributed by atoms with van der Waals surface area (Å²) < 4.78 is 6.60. The maximum absolute atomic E-state index is 13.2. The molecule has 8 nitrogen and oxygen atoms in total. The Morgan fingerprint density at radius 1 is 0.800 bits per heavy atom. The third-order valence-corrected chi connectivity index (χ3v) is 5.89. The third kappa shape index (κ3) is 5.35. The van der Waals surface area contributed by atoms with Gasteiger partial charge in [0.25, 0.3) is 5.91 Å². The molecule has 3 N–H and O–H groups in total. The number of benzene rings is 3. The molecule has 11 heteroatoms. The van der Waals surface area contributed by atoms with Gasteiger partial charge in [0, 0.05) is 21.8 Å². The van der Waals surface area contributed by atoms with Crippen LogP contribution in [0.5, 0.6) is 5.75 Å². The summed E-state index contributed by atoms with van der Waals surface area (Å²) >= 11 is 17.9. The summed E-state index contributed by atoms with van der Waals surface area (Å²) in [5, 5.41) is 6.75. The molecule has 1 heterocycles. The average Bonchev–Trinajstić information content (AvgIpc) is 3.20. The maximum atomic E-state index is 13.2. The summed E-state index contributed by atoms with van der Waals surface area (Å²) in [5.74, 6) is -2.17. The minimum Gasteiger partial charge on any atom is -0.494 e. The Balaban J connectivity index is 1.67. The lowest BCUT2D eigenvalue weighted by atomic mass is 10.2. The Morgan fingerprint density at radius 3 is 2.26 bits per heavy atom. The molecule has 0 saturated heterocycles. The Bertz CT molecular complexity index is 1470. The zero-order valence-corrected chi connectivity index (χ0v) is 20.3. The lowest BCUT2D eigenvalue weighted by Gasteiger charge is -2.14. The predicted octanol–water partition coefficient (Wildman–Crippen LogP) is 5.57. The Morgan fingerprint density at radius 2 is 1.54 bits per heavy atom. The topological polar surface area (TPSA) is 101 Å². The van der Waals surface area contributed by atoms with Crippen LogP contribution in [0, 0.1) is 0 Å². The van der Waals surface area contributed by atoms with E-state index in [0.717, 1.165) is 0 Å². The molecule has 4 aromatic rings. The minimum absolute atomic E-state index is 0.0412. The number of fused-ring (bicyclic) bond motifs is 1. The van der Waals surface area contributed by atoms with E-state index >= 15 is 0 Å². The fourth-order valence-corrected chi connectivity index (χ4v) is 3.84. The first-order chi connectivity index (χ1) is 16.8. The van der Waals surface area contributed by atoms with Crippen molar-refractivity contribution >= 4 is 74.8 Å². The third-order valence-electron chi connectivity index (χ3n) is 4.92. The molecular weight excluding hydrogens is 515 g/mol. The quantitative estimate of drug-likeness (QED) is 0.293. The summed E-state index contributed by atoms with van der Waals surface area (Å²) in [7, 11) is 1.45. The Hall–Kier alpha value is -3.72. The molecule has 0 fully saturated rings. The van der Waals surface area contributed by atoms with Crippen LogP contribution in [0.15, 0.2) is 66.7 Å². The van der Waals surface area contributed by atoms with Crippen molar-refractivity contribution in [1.29, 1.82) is 0 Å². The largest absolute Gasteiger partial charge is 0.494 e. The van der Waals surface area contributed by atoms with Crippen LogP contribution in [-0.2, 0) is 9.59 Å². The predicted molar refractivity (Wildman–Crippen MR) is 137 cm³/mol. The first-order valence-electron chi connectivity index (χ1n) is 10.1. The SMILES string of the molecule is COc1cccc2cc(C(=O)Nc3ccc(Cl)c(Cl)c3)n(NC(=O)C(=O)Nc3cccc(Cl)c3)c12. The minimum atomic E-state index is -1.02. The van der Waals surface area contributed by atoms with Crippen LogP contribution in [0.25, 0.3) is 10.9 Å². The molecule has 0 aliphatic carbocycles. The highest BCUT2D eigenvalue weighted by Crippen LogP contribution is 2.29. The van der Waals surface area contributed by atoms with Crippen LogP contribution in [0.3, 0.4) is 0 Å². The highest BCUT2D eigenvalue weighted by atomic mass is 35.5. The van der Waals surface area contributed by atoms with E-state index in [1.165, 1.54) is 23.9 Å². The van der Waals surface area contributed by atoms with Gasteiger partial charge in [-0.05, 0) is 48.5 Å². The van der Waals surface area contributed by atoms with Crippen LogP contribution in [0.2, 0.25) is 15.1 Å². The molecule has 0 aliphatic rings. The highest BCUT2D eigenvalue weighted by Gasteiger charge is 2.23. The highest BCUT2D eigenvalue weighted by molar-refractivity contribution is 6.43. The molecule has 178 valence electrons. The zero-order chi connectivity index (χ0) is 25.1. The van der Waals surface area contributed by atoms with Gasteiger partial charge in [-0.25, -0.2) is 4.68 Å². The van der Waals surface area contributed by atoms with Crippen LogP contribution in [0.4, 0.5) is 11.4 Å². The van der Waals surface area contributed by atoms with Gasteiger partial charge >= 0.3 is 11.8 Å². The fourth-order valence-electron chi connectivity index (χ4n) is 3.35. The average molecular weight is 532 g/mol. The van der Waals surface area contributed by atoms with Crippen molar-refractivity contribution in [3.63, 3.8) is 0 Å². The lowest BCUT2D eigenvalue weighted by Crippen LogP contribution is -2.36. The normalized spacial score (nSPS) is 10.6. The summed E-state index contributed by atoms with van der Waals surface area (Å²) in [6.07, 6.45) is 0. The second-order valence-corrected chi connectivity index (χ2v) is 8.50. The molecule has 3 amide bonds. The number of methoxy groups -OCH3 is 1. The maximum Gasteiger partial charge on any atom is 0.328 e. The van der Waals surface area contributed by atoms with Crippen LogP contribution >= 0.6 is 34.8 Å². The van der Waals surface area contributed by atoms with Crippen molar-refractivity contribution in [3.05, 3.63) is 87.5 Å². The van der Waals surface area contributed by atoms with Gasteiger partial charge in [-0.15, -0.1) is 0 Å². The zero-order valence-electron chi connectivity index (χ0n) is 18.1. The van der Waals surface area contributed by atoms with E-state index in [2.05, 4.69) is 16.1 Å². The Kier molecular flexibility index (Phi) is 7.16. The molecule has 3 aromatic carbocycles. The van der Waals surface area contributed by atoms with Crippen molar-refractivity contribution < 1.29 is 19.1 Å². The molecule has 0 saturated carbocycles. The van der Waals surface area contributed by atoms with Crippen molar-refractivity contribution in [2.24, 2.45) is 0 Å². The van der Waals surface area contributed by atoms with Crippen molar-refractivity contribution in [1.82, 2.24) is 4.68 Å². The molecule has 0 spiro atoms. The molecule has 0 aliphatic heterocycles. The number of hydrogen-bond donors (Lipinski definition) is 3. The van der Waals surface area contributed by atoms with E-state index in [0.29, 0.717) is 38.1 Å². The number of amides is 3. The molecular formula is C24H17Cl3N4O4. The number of halogens is 3. The second-order valence-electron chi connectivity index (χ2n) is 7.25. The summed E-state index contributed by atoms with van der Waals surface area (Å²) in [5.41, 5.74) is 3.63. The Labute approximate surface area is 214 Å². The fraction of sp³-hybridized carbons (Fsp3) is 0.0417. The smallest absolute Gasteiger partial charge is 0.328 e. The molecule has 0 bridgehead atoms.